The third-order valence-corrected chi connectivity index (χ3v) is 0. The molecule has 0 atom stereocenters. The van der Waals surface area contributed by atoms with Crippen LogP contribution in [0.3, 0.4) is 0 Å². The number of carbonyl (C=O) groups excluding carboxylic acids is 2. The summed E-state index contributed by atoms with van der Waals surface area (Å²) in [6.07, 6.45) is 0. The summed E-state index contributed by atoms with van der Waals surface area (Å²) in [4.78, 5) is 17.8. The molecule has 0 fully saturated rings. The van der Waals surface area contributed by atoms with Crippen LogP contribution in [-0.4, -0.2) is 68.5 Å². The van der Waals surface area contributed by atoms with Crippen molar-refractivity contribution in [2.75, 3.05) is 0 Å². The quantitative estimate of drug-likeness (QED) is 0.245. The number of aliphatic carboxylic acids is 2. The molecule has 0 aliphatic carbocycles. The number of carbonyl (C=O) groups is 2. The van der Waals surface area contributed by atoms with Crippen LogP contribution >= 0.6 is 0 Å². The Morgan fingerprint density at radius 1 is 1.07 bits per heavy atom. The van der Waals surface area contributed by atoms with E-state index in [4.69, 9.17) is 27.3 Å². The van der Waals surface area contributed by atoms with Crippen LogP contribution < -0.4 is 10.2 Å². The SMILES string of the molecule is CC(=O)[O-].CC(=O)[O-].[OH][PbH+2].[O]=[U-2]=[O].[Pb+2]. The minimum absolute atomic E-state index is 0. The van der Waals surface area contributed by atoms with Crippen molar-refractivity contribution in [3.63, 3.8) is 0 Å². The van der Waals surface area contributed by atoms with Gasteiger partial charge in [0.2, 0.25) is 0 Å². The second kappa shape index (κ2) is 36.6. The molecule has 0 heterocycles. The van der Waals surface area contributed by atoms with Crippen molar-refractivity contribution in [1.82, 2.24) is 0 Å². The maximum Gasteiger partial charge on any atom is 2.00 e. The smallest absolute Gasteiger partial charge is 2.00 e. The van der Waals surface area contributed by atoms with Gasteiger partial charge in [0.25, 0.3) is 0 Å². The van der Waals surface area contributed by atoms with E-state index in [-0.39, 0.29) is 53.5 Å². The maximum absolute atomic E-state index is 8.89. The summed E-state index contributed by atoms with van der Waals surface area (Å²) < 4.78 is 24.3. The van der Waals surface area contributed by atoms with Gasteiger partial charge in [-0.2, -0.15) is 0 Å². The minimum Gasteiger partial charge on any atom is 2.00 e. The maximum atomic E-state index is 8.89. The van der Waals surface area contributed by atoms with Crippen LogP contribution in [0.5, 0.6) is 0 Å². The first-order valence-electron chi connectivity index (χ1n) is 2.48. The van der Waals surface area contributed by atoms with Gasteiger partial charge in [0.15, 0.2) is 0 Å². The number of hydrogen-bond donors (Lipinski definition) is 1. The van der Waals surface area contributed by atoms with E-state index in [2.05, 4.69) is 0 Å². The second-order valence-corrected chi connectivity index (χ2v) is 1.76. The fourth-order valence-corrected chi connectivity index (χ4v) is 0. The summed E-state index contributed by atoms with van der Waals surface area (Å²) in [5.41, 5.74) is 0. The Hall–Kier alpha value is 1.40. The fourth-order valence-electron chi connectivity index (χ4n) is 0. The molecule has 0 rings (SSSR count). The standard InChI is InChI=1S/2C2H4O2.H2O.2O.2Pb.U.H/c2*1-2(3)4;;;;;;;/h2*1H3,(H,3,4);1H2;;;;;;/q;;;;;+2;+3;-2;/p-3. The van der Waals surface area contributed by atoms with Gasteiger partial charge in [0.1, 0.15) is 0 Å². The van der Waals surface area contributed by atoms with Crippen LogP contribution in [0.4, 0.5) is 0 Å². The van der Waals surface area contributed by atoms with E-state index in [0.717, 1.165) is 13.8 Å². The van der Waals surface area contributed by atoms with E-state index in [1.165, 1.54) is 0 Å². The molecule has 0 aromatic rings. The Morgan fingerprint density at radius 2 is 1.07 bits per heavy atom. The van der Waals surface area contributed by atoms with Crippen LogP contribution in [-0.2, 0) is 14.1 Å². The Kier molecular flexibility index (Phi) is 77.3. The molecule has 2 radical (unpaired) electrons. The predicted octanol–water partition coefficient (Wildman–Crippen LogP) is -4.31. The fraction of sp³-hybridized carbons (Fsp3) is 0.500. The number of rotatable bonds is 0. The Labute approximate surface area is 132 Å². The van der Waals surface area contributed by atoms with Crippen molar-refractivity contribution >= 4 is 65.5 Å². The van der Waals surface area contributed by atoms with Crippen LogP contribution in [0.25, 0.3) is 0 Å². The van der Waals surface area contributed by atoms with Gasteiger partial charge in [-0.25, -0.2) is 0 Å². The Balaban J connectivity index is -0.0000000260. The first-order valence-corrected chi connectivity index (χ1v) is 7.89. The molecule has 10 heteroatoms. The molecule has 0 spiro atoms. The van der Waals surface area contributed by atoms with E-state index >= 15 is 0 Å². The van der Waals surface area contributed by atoms with Gasteiger partial charge in [0.05, 0.1) is 0 Å². The van der Waals surface area contributed by atoms with Crippen molar-refractivity contribution in [2.45, 2.75) is 13.8 Å². The van der Waals surface area contributed by atoms with Crippen molar-refractivity contribution in [2.24, 2.45) is 0 Å². The molecule has 0 aliphatic heterocycles. The van der Waals surface area contributed by atoms with Gasteiger partial charge in [-0.05, 0) is 13.8 Å². The molecule has 0 aromatic carbocycles. The predicted molar refractivity (Wildman–Crippen MR) is 37.9 cm³/mol. The van der Waals surface area contributed by atoms with Crippen LogP contribution in [0.15, 0.2) is 0 Å². The van der Waals surface area contributed by atoms with Gasteiger partial charge in [-0.1, -0.05) is 0 Å². The van der Waals surface area contributed by atoms with Gasteiger partial charge in [-0.3, -0.25) is 0 Å². The molecule has 0 unspecified atom stereocenters. The van der Waals surface area contributed by atoms with Gasteiger partial charge >= 0.3 is 88.9 Å². The number of hydrogen-bond acceptors (Lipinski definition) is 7. The molecule has 78 valence electrons. The molecule has 0 saturated carbocycles. The van der Waals surface area contributed by atoms with E-state index in [9.17, 15) is 0 Å². The van der Waals surface area contributed by atoms with E-state index < -0.39 is 39.8 Å². The third-order valence-electron chi connectivity index (χ3n) is 0. The Morgan fingerprint density at radius 3 is 1.07 bits per heavy atom. The molecular weight excluding hydrogens is 812 g/mol. The normalized spacial score (nSPS) is 4.43. The molecule has 7 nitrogen and oxygen atoms in total. The average Bonchev–Trinajstić information content (AvgIpc) is 1.89. The summed E-state index contributed by atoms with van der Waals surface area (Å²) in [5.74, 6) is -2.17. The average molecular weight is 821 g/mol. The number of carboxylic acid groups (broad SMARTS) is 2. The zero-order chi connectivity index (χ0) is 11.9. The summed E-state index contributed by atoms with van der Waals surface area (Å²) in [5, 5.41) is 17.8. The zero-order valence-electron chi connectivity index (χ0n) is 7.47. The largest absolute Gasteiger partial charge is 2.00 e. The summed E-state index contributed by atoms with van der Waals surface area (Å²) >= 11 is -2.34. The molecule has 0 bridgehead atoms. The summed E-state index contributed by atoms with van der Waals surface area (Å²) in [7, 11) is 0. The van der Waals surface area contributed by atoms with Crippen molar-refractivity contribution in [1.29, 1.82) is 0 Å². The van der Waals surface area contributed by atoms with E-state index in [1.807, 2.05) is 0 Å². The summed E-state index contributed by atoms with van der Waals surface area (Å²) in [6.45, 7) is 1.94. The molecule has 1 N–H and O–H groups in total. The first kappa shape index (κ1) is 29.5. The number of carboxylic acids is 2. The molecule has 0 aromatic heterocycles. The molecular formula is C4H8O7Pb2U. The molecule has 14 heavy (non-hydrogen) atoms. The van der Waals surface area contributed by atoms with Gasteiger partial charge < -0.3 is 19.8 Å². The third kappa shape index (κ3) is 1060. The van der Waals surface area contributed by atoms with Crippen LogP contribution in [0.2, 0.25) is 0 Å². The first-order chi connectivity index (χ1) is 5.88. The molecule has 0 saturated heterocycles. The topological polar surface area (TPSA) is 135 Å². The van der Waals surface area contributed by atoms with Crippen LogP contribution in [0.1, 0.15) is 13.8 Å². The zero-order valence-corrected chi connectivity index (χ0v) is 20.0. The van der Waals surface area contributed by atoms with Crippen molar-refractivity contribution in [3.8, 4) is 0 Å². The van der Waals surface area contributed by atoms with Gasteiger partial charge in [-0.15, -0.1) is 0 Å². The van der Waals surface area contributed by atoms with E-state index in [1.54, 1.807) is 0 Å². The monoisotopic (exact) mass is 822 g/mol. The molecule has 0 aliphatic rings. The summed E-state index contributed by atoms with van der Waals surface area (Å²) in [6, 6.07) is 0. The second-order valence-electron chi connectivity index (χ2n) is 1.07. The van der Waals surface area contributed by atoms with Crippen LogP contribution in [0, 0.1) is 27.8 Å². The van der Waals surface area contributed by atoms with Crippen molar-refractivity contribution in [3.05, 3.63) is 0 Å². The van der Waals surface area contributed by atoms with E-state index in [0.29, 0.717) is 0 Å². The minimum atomic E-state index is -2.51. The van der Waals surface area contributed by atoms with Crippen molar-refractivity contribution < 1.29 is 55.1 Å². The van der Waals surface area contributed by atoms with Gasteiger partial charge in [0, 0.05) is 11.9 Å². The molecule has 0 amide bonds. The Bertz CT molecular complexity index is 136.